The summed E-state index contributed by atoms with van der Waals surface area (Å²) >= 11 is 1.96. The Labute approximate surface area is 210 Å². The van der Waals surface area contributed by atoms with Gasteiger partial charge < -0.3 is 4.98 Å². The lowest BCUT2D eigenvalue weighted by Gasteiger charge is -2.34. The second-order valence-corrected chi connectivity index (χ2v) is 12.1. The van der Waals surface area contributed by atoms with Crippen LogP contribution in [0, 0.1) is 20.8 Å². The zero-order valence-corrected chi connectivity index (χ0v) is 22.3. The number of alkyl halides is 1. The van der Waals surface area contributed by atoms with Gasteiger partial charge in [-0.1, -0.05) is 13.8 Å². The Bertz CT molecular complexity index is 1390. The van der Waals surface area contributed by atoms with Crippen molar-refractivity contribution >= 4 is 27.2 Å². The minimum absolute atomic E-state index is 0.408. The number of likely N-dealkylation sites (tertiary alicyclic amines) is 1. The molecule has 35 heavy (non-hydrogen) atoms. The predicted octanol–water partition coefficient (Wildman–Crippen LogP) is 7.06. The largest absolute Gasteiger partial charge is 0.346 e. The number of pyridine rings is 1. The van der Waals surface area contributed by atoms with Crippen molar-refractivity contribution in [2.75, 3.05) is 13.1 Å². The molecule has 1 atom stereocenters. The van der Waals surface area contributed by atoms with Crippen molar-refractivity contribution in [2.45, 2.75) is 90.8 Å². The average Bonchev–Trinajstić information content (AvgIpc) is 3.61. The highest BCUT2D eigenvalue weighted by molar-refractivity contribution is 7.19. The van der Waals surface area contributed by atoms with Crippen molar-refractivity contribution in [1.82, 2.24) is 24.5 Å². The van der Waals surface area contributed by atoms with Crippen molar-refractivity contribution in [1.29, 1.82) is 0 Å². The number of nitrogens with one attached hydrogen (secondary N) is 1. The summed E-state index contributed by atoms with van der Waals surface area (Å²) in [7, 11) is 0. The van der Waals surface area contributed by atoms with Gasteiger partial charge in [-0.05, 0) is 87.0 Å². The van der Waals surface area contributed by atoms with E-state index in [9.17, 15) is 4.39 Å². The van der Waals surface area contributed by atoms with Gasteiger partial charge in [0.15, 0.2) is 5.65 Å². The van der Waals surface area contributed by atoms with Gasteiger partial charge >= 0.3 is 0 Å². The summed E-state index contributed by atoms with van der Waals surface area (Å²) in [6.07, 6.45) is 8.69. The third kappa shape index (κ3) is 3.73. The van der Waals surface area contributed by atoms with Crippen molar-refractivity contribution in [2.24, 2.45) is 0 Å². The van der Waals surface area contributed by atoms with Crippen LogP contribution in [0.1, 0.15) is 84.9 Å². The number of rotatable bonds is 4. The molecular weight excluding hydrogens is 457 g/mol. The van der Waals surface area contributed by atoms with E-state index in [1.54, 1.807) is 11.2 Å². The lowest BCUT2D eigenvalue weighted by atomic mass is 9.83. The summed E-state index contributed by atoms with van der Waals surface area (Å²) in [6.45, 7) is 12.9. The van der Waals surface area contributed by atoms with Gasteiger partial charge in [0.1, 0.15) is 17.3 Å². The SMILES string of the molecule is Cc1c(-c2[nH]c3sc(C4CCC(N5CC[C@H](F)C5)CC4)c(C)c3c2C(C)C)cn2ncnc2c1C. The molecule has 5 nitrogen and oxygen atoms in total. The average molecular weight is 494 g/mol. The molecule has 186 valence electrons. The molecule has 0 radical (unpaired) electrons. The second kappa shape index (κ2) is 8.70. The van der Waals surface area contributed by atoms with Crippen LogP contribution in [-0.4, -0.2) is 49.8 Å². The molecule has 0 amide bonds. The Morgan fingerprint density at radius 1 is 1.06 bits per heavy atom. The highest BCUT2D eigenvalue weighted by atomic mass is 32.1. The van der Waals surface area contributed by atoms with Gasteiger partial charge in [-0.2, -0.15) is 5.10 Å². The summed E-state index contributed by atoms with van der Waals surface area (Å²) in [6, 6.07) is 0.577. The number of H-pyrrole nitrogens is 1. The van der Waals surface area contributed by atoms with E-state index in [4.69, 9.17) is 0 Å². The van der Waals surface area contributed by atoms with Crippen LogP contribution >= 0.6 is 11.3 Å². The number of fused-ring (bicyclic) bond motifs is 2. The molecule has 1 aliphatic carbocycles. The van der Waals surface area contributed by atoms with Crippen LogP contribution in [0.2, 0.25) is 0 Å². The Hall–Kier alpha value is -2.25. The number of halogens is 1. The highest BCUT2D eigenvalue weighted by Gasteiger charge is 2.33. The first-order valence-corrected chi connectivity index (χ1v) is 14.0. The van der Waals surface area contributed by atoms with Gasteiger partial charge in [0, 0.05) is 41.2 Å². The Morgan fingerprint density at radius 3 is 2.51 bits per heavy atom. The highest BCUT2D eigenvalue weighted by Crippen LogP contribution is 2.47. The summed E-state index contributed by atoms with van der Waals surface area (Å²) in [4.78, 5) is 13.6. The molecule has 2 fully saturated rings. The lowest BCUT2D eigenvalue weighted by Crippen LogP contribution is -2.36. The summed E-state index contributed by atoms with van der Waals surface area (Å²) in [5.41, 5.74) is 8.69. The fourth-order valence-corrected chi connectivity index (χ4v) is 8.06. The molecule has 0 bridgehead atoms. The molecule has 5 heterocycles. The molecular formula is C28H36FN5S. The van der Waals surface area contributed by atoms with E-state index in [1.807, 2.05) is 15.9 Å². The van der Waals surface area contributed by atoms with Gasteiger partial charge in [-0.25, -0.2) is 13.9 Å². The van der Waals surface area contributed by atoms with E-state index >= 15 is 0 Å². The lowest BCUT2D eigenvalue weighted by molar-refractivity contribution is 0.170. The Kier molecular flexibility index (Phi) is 5.76. The van der Waals surface area contributed by atoms with E-state index in [1.165, 1.54) is 69.4 Å². The molecule has 0 aromatic carbocycles. The van der Waals surface area contributed by atoms with E-state index in [0.29, 0.717) is 24.4 Å². The first-order chi connectivity index (χ1) is 16.8. The van der Waals surface area contributed by atoms with Crippen LogP contribution in [0.25, 0.3) is 27.1 Å². The normalized spacial score (nSPS) is 23.9. The van der Waals surface area contributed by atoms with Gasteiger partial charge in [0.25, 0.3) is 0 Å². The molecule has 1 saturated heterocycles. The first kappa shape index (κ1) is 23.2. The van der Waals surface area contributed by atoms with Crippen LogP contribution < -0.4 is 0 Å². The quantitative estimate of drug-likeness (QED) is 0.331. The van der Waals surface area contributed by atoms with Gasteiger partial charge in [0.2, 0.25) is 0 Å². The Morgan fingerprint density at radius 2 is 1.83 bits per heavy atom. The van der Waals surface area contributed by atoms with Gasteiger partial charge in [0.05, 0.1) is 5.69 Å². The van der Waals surface area contributed by atoms with E-state index < -0.39 is 6.17 Å². The standard InChI is InChI=1S/C28H36FN5S/c1-15(2)23-24-18(5)26(19-6-8-21(9-7-19)33-11-10-20(29)12-33)35-28(24)32-25(23)22-13-34-27(30-14-31-34)17(4)16(22)3/h13-15,19-21,32H,6-12H2,1-5H3/t19?,20-,21?/m0/s1. The van der Waals surface area contributed by atoms with Crippen molar-refractivity contribution in [3.05, 3.63) is 39.7 Å². The molecule has 2 aliphatic rings. The van der Waals surface area contributed by atoms with Gasteiger partial charge in [-0.15, -0.1) is 11.3 Å². The molecule has 4 aromatic heterocycles. The van der Waals surface area contributed by atoms with E-state index in [-0.39, 0.29) is 0 Å². The molecule has 0 unspecified atom stereocenters. The van der Waals surface area contributed by atoms with Crippen LogP contribution in [0.4, 0.5) is 4.39 Å². The zero-order valence-electron chi connectivity index (χ0n) is 21.5. The van der Waals surface area contributed by atoms with Crippen LogP contribution in [0.15, 0.2) is 12.5 Å². The maximum atomic E-state index is 13.7. The monoisotopic (exact) mass is 493 g/mol. The molecule has 6 rings (SSSR count). The predicted molar refractivity (Wildman–Crippen MR) is 143 cm³/mol. The smallest absolute Gasteiger partial charge is 0.158 e. The van der Waals surface area contributed by atoms with Crippen LogP contribution in [0.5, 0.6) is 0 Å². The summed E-state index contributed by atoms with van der Waals surface area (Å²) < 4.78 is 15.6. The van der Waals surface area contributed by atoms with E-state index in [2.05, 4.69) is 60.8 Å². The number of hydrogen-bond donors (Lipinski definition) is 1. The van der Waals surface area contributed by atoms with Crippen LogP contribution in [-0.2, 0) is 0 Å². The number of aromatic nitrogens is 4. The zero-order chi connectivity index (χ0) is 24.4. The molecule has 1 saturated carbocycles. The second-order valence-electron chi connectivity index (χ2n) is 11.1. The number of hydrogen-bond acceptors (Lipinski definition) is 4. The molecule has 4 aromatic rings. The molecule has 7 heteroatoms. The topological polar surface area (TPSA) is 49.2 Å². The molecule has 1 N–H and O–H groups in total. The third-order valence-electron chi connectivity index (χ3n) is 8.68. The van der Waals surface area contributed by atoms with Crippen molar-refractivity contribution in [3.63, 3.8) is 0 Å². The number of aromatic amines is 1. The maximum absolute atomic E-state index is 13.7. The molecule has 0 spiro atoms. The fraction of sp³-hybridized carbons (Fsp3) is 0.571. The van der Waals surface area contributed by atoms with Crippen molar-refractivity contribution in [3.8, 4) is 11.3 Å². The third-order valence-corrected chi connectivity index (χ3v) is 10.0. The number of nitrogens with zero attached hydrogens (tertiary/aromatic N) is 4. The minimum Gasteiger partial charge on any atom is -0.346 e. The number of thiophene rings is 1. The minimum atomic E-state index is -0.616. The fourth-order valence-electron chi connectivity index (χ4n) is 6.66. The number of aryl methyl sites for hydroxylation is 2. The first-order valence-electron chi connectivity index (χ1n) is 13.2. The molecule has 1 aliphatic heterocycles. The Balaban J connectivity index is 1.35. The maximum Gasteiger partial charge on any atom is 0.158 e. The summed E-state index contributed by atoms with van der Waals surface area (Å²) in [5, 5.41) is 5.85. The van der Waals surface area contributed by atoms with E-state index in [0.717, 1.165) is 18.6 Å². The summed E-state index contributed by atoms with van der Waals surface area (Å²) in [5.74, 6) is 1.03. The van der Waals surface area contributed by atoms with Crippen LogP contribution in [0.3, 0.4) is 0 Å². The van der Waals surface area contributed by atoms with Crippen molar-refractivity contribution < 1.29 is 4.39 Å². The van der Waals surface area contributed by atoms with Gasteiger partial charge in [-0.3, -0.25) is 4.90 Å².